The molecule has 200 valence electrons. The third-order valence-corrected chi connectivity index (χ3v) is 9.77. The summed E-state index contributed by atoms with van der Waals surface area (Å²) in [6, 6.07) is 10.1. The molecule has 37 heavy (non-hydrogen) atoms. The van der Waals surface area contributed by atoms with Gasteiger partial charge in [-0.1, -0.05) is 36.8 Å². The summed E-state index contributed by atoms with van der Waals surface area (Å²) in [4.78, 5) is 22.5. The number of amides is 1. The molecule has 2 unspecified atom stereocenters. The van der Waals surface area contributed by atoms with Crippen LogP contribution in [0.15, 0.2) is 41.3 Å². The van der Waals surface area contributed by atoms with Gasteiger partial charge in [-0.3, -0.25) is 9.69 Å². The van der Waals surface area contributed by atoms with E-state index in [9.17, 15) is 13.2 Å². The van der Waals surface area contributed by atoms with Gasteiger partial charge in [0.2, 0.25) is 10.0 Å². The third-order valence-electron chi connectivity index (χ3n) is 6.68. The maximum atomic E-state index is 13.7. The molecule has 0 spiro atoms. The van der Waals surface area contributed by atoms with E-state index in [1.54, 1.807) is 33.5 Å². The van der Waals surface area contributed by atoms with Crippen LogP contribution in [-0.2, 0) is 10.0 Å². The Morgan fingerprint density at radius 1 is 1.11 bits per heavy atom. The van der Waals surface area contributed by atoms with E-state index in [1.165, 1.54) is 11.3 Å². The van der Waals surface area contributed by atoms with Crippen LogP contribution < -0.4 is 4.90 Å². The number of thiazole rings is 1. The Morgan fingerprint density at radius 2 is 1.76 bits per heavy atom. The van der Waals surface area contributed by atoms with E-state index in [2.05, 4.69) is 18.7 Å². The lowest BCUT2D eigenvalue weighted by atomic mass is 9.94. The summed E-state index contributed by atoms with van der Waals surface area (Å²) < 4.78 is 29.1. The van der Waals surface area contributed by atoms with Crippen molar-refractivity contribution in [2.24, 2.45) is 11.8 Å². The number of aryl methyl sites for hydroxylation is 1. The summed E-state index contributed by atoms with van der Waals surface area (Å²) in [5.41, 5.74) is 2.22. The first-order valence-corrected chi connectivity index (χ1v) is 15.2. The van der Waals surface area contributed by atoms with Gasteiger partial charge in [-0.2, -0.15) is 4.31 Å². The van der Waals surface area contributed by atoms with Gasteiger partial charge >= 0.3 is 0 Å². The topological polar surface area (TPSA) is 73.8 Å². The molecule has 2 aromatic carbocycles. The molecule has 1 aliphatic heterocycles. The number of hydrogen-bond acceptors (Lipinski definition) is 6. The second-order valence-corrected chi connectivity index (χ2v) is 13.9. The largest absolute Gasteiger partial charge is 0.309 e. The minimum absolute atomic E-state index is 0.203. The summed E-state index contributed by atoms with van der Waals surface area (Å²) in [7, 11) is 0.384. The molecule has 1 amide bonds. The standard InChI is InChI=1S/C27H35ClN4O3S2/c1-18-13-19(2)17-31(16-18)37(34,35)23-9-7-21(8-10-23)26(33)32(12-6-11-30(4)5)27-29-25-20(3)14-22(28)15-24(25)36-27/h7-10,14-15,18-19H,6,11-13,16-17H2,1-5H3. The molecule has 0 saturated carbocycles. The van der Waals surface area contributed by atoms with Gasteiger partial charge < -0.3 is 4.90 Å². The van der Waals surface area contributed by atoms with E-state index in [4.69, 9.17) is 16.6 Å². The molecule has 0 radical (unpaired) electrons. The van der Waals surface area contributed by atoms with Crippen molar-refractivity contribution < 1.29 is 13.2 Å². The van der Waals surface area contributed by atoms with E-state index < -0.39 is 10.0 Å². The molecule has 0 N–H and O–H groups in total. The molecule has 10 heteroatoms. The molecule has 0 bridgehead atoms. The van der Waals surface area contributed by atoms with Crippen LogP contribution in [0.1, 0.15) is 42.6 Å². The van der Waals surface area contributed by atoms with Crippen LogP contribution in [0.3, 0.4) is 0 Å². The van der Waals surface area contributed by atoms with Crippen molar-refractivity contribution in [1.29, 1.82) is 0 Å². The number of benzene rings is 2. The highest BCUT2D eigenvalue weighted by Crippen LogP contribution is 2.34. The monoisotopic (exact) mass is 562 g/mol. The first-order valence-electron chi connectivity index (χ1n) is 12.6. The highest BCUT2D eigenvalue weighted by molar-refractivity contribution is 7.89. The minimum atomic E-state index is -3.61. The van der Waals surface area contributed by atoms with Gasteiger partial charge in [-0.05, 0) is 94.2 Å². The lowest BCUT2D eigenvalue weighted by Gasteiger charge is -2.34. The maximum Gasteiger partial charge on any atom is 0.260 e. The summed E-state index contributed by atoms with van der Waals surface area (Å²) in [5.74, 6) is 0.440. The lowest BCUT2D eigenvalue weighted by molar-refractivity contribution is 0.0986. The zero-order chi connectivity index (χ0) is 26.9. The Morgan fingerprint density at radius 3 is 2.38 bits per heavy atom. The van der Waals surface area contributed by atoms with E-state index >= 15 is 0 Å². The van der Waals surface area contributed by atoms with E-state index in [0.29, 0.717) is 47.2 Å². The Labute approximate surface area is 229 Å². The number of hydrogen-bond donors (Lipinski definition) is 0. The molecule has 2 heterocycles. The molecule has 2 atom stereocenters. The third kappa shape index (κ3) is 6.34. The van der Waals surface area contributed by atoms with Gasteiger partial charge in [-0.25, -0.2) is 13.4 Å². The summed E-state index contributed by atoms with van der Waals surface area (Å²) in [6.07, 6.45) is 1.80. The van der Waals surface area contributed by atoms with Gasteiger partial charge in [0.05, 0.1) is 15.1 Å². The number of halogens is 1. The van der Waals surface area contributed by atoms with Gasteiger partial charge in [-0.15, -0.1) is 0 Å². The predicted octanol–water partition coefficient (Wildman–Crippen LogP) is 5.52. The Balaban J connectivity index is 1.62. The molecular weight excluding hydrogens is 528 g/mol. The maximum absolute atomic E-state index is 13.7. The quantitative estimate of drug-likeness (QED) is 0.361. The fourth-order valence-corrected chi connectivity index (χ4v) is 8.09. The van der Waals surface area contributed by atoms with Gasteiger partial charge in [0.25, 0.3) is 5.91 Å². The van der Waals surface area contributed by atoms with Crippen LogP contribution in [0.4, 0.5) is 5.13 Å². The van der Waals surface area contributed by atoms with Crippen molar-refractivity contribution in [3.05, 3.63) is 52.5 Å². The average molecular weight is 563 g/mol. The number of rotatable bonds is 8. The second kappa shape index (κ2) is 11.4. The number of carbonyl (C=O) groups is 1. The van der Waals surface area contributed by atoms with Crippen LogP contribution in [0, 0.1) is 18.8 Å². The number of nitrogens with zero attached hydrogens (tertiary/aromatic N) is 4. The summed E-state index contributed by atoms with van der Waals surface area (Å²) >= 11 is 7.69. The smallest absolute Gasteiger partial charge is 0.260 e. The molecule has 1 aliphatic rings. The normalized spacial score (nSPS) is 19.0. The van der Waals surface area contributed by atoms with Crippen molar-refractivity contribution in [1.82, 2.24) is 14.2 Å². The Bertz CT molecular complexity index is 1360. The fraction of sp³-hybridized carbons (Fsp3) is 0.481. The molecule has 3 aromatic rings. The van der Waals surface area contributed by atoms with Crippen molar-refractivity contribution in [2.45, 2.75) is 38.5 Å². The zero-order valence-electron chi connectivity index (χ0n) is 22.1. The Kier molecular flexibility index (Phi) is 8.60. The van der Waals surface area contributed by atoms with E-state index in [0.717, 1.165) is 35.2 Å². The second-order valence-electron chi connectivity index (χ2n) is 10.5. The van der Waals surface area contributed by atoms with Crippen LogP contribution in [0.25, 0.3) is 10.2 Å². The number of piperidine rings is 1. The lowest BCUT2D eigenvalue weighted by Crippen LogP contribution is -2.42. The van der Waals surface area contributed by atoms with Crippen LogP contribution in [0.5, 0.6) is 0 Å². The van der Waals surface area contributed by atoms with Crippen LogP contribution in [-0.4, -0.2) is 68.8 Å². The van der Waals surface area contributed by atoms with E-state index in [-0.39, 0.29) is 10.8 Å². The first kappa shape index (κ1) is 28.0. The fourth-order valence-electron chi connectivity index (χ4n) is 4.96. The van der Waals surface area contributed by atoms with E-state index in [1.807, 2.05) is 33.2 Å². The molecule has 4 rings (SSSR count). The van der Waals surface area contributed by atoms with Gasteiger partial charge in [0, 0.05) is 30.2 Å². The first-order chi connectivity index (χ1) is 17.5. The molecule has 1 fully saturated rings. The zero-order valence-corrected chi connectivity index (χ0v) is 24.5. The molecule has 0 aliphatic carbocycles. The SMILES string of the molecule is Cc1cc(Cl)cc2sc(N(CCCN(C)C)C(=O)c3ccc(S(=O)(=O)N4CC(C)CC(C)C4)cc3)nc12. The van der Waals surface area contributed by atoms with Crippen molar-refractivity contribution in [3.63, 3.8) is 0 Å². The number of anilines is 1. The number of aromatic nitrogens is 1. The summed E-state index contributed by atoms with van der Waals surface area (Å²) in [6.45, 7) is 8.49. The van der Waals surface area contributed by atoms with Crippen molar-refractivity contribution in [2.75, 3.05) is 45.2 Å². The highest BCUT2D eigenvalue weighted by atomic mass is 35.5. The Hall–Kier alpha value is -2.04. The predicted molar refractivity (Wildman–Crippen MR) is 152 cm³/mol. The molecule has 7 nitrogen and oxygen atoms in total. The van der Waals surface area contributed by atoms with Crippen molar-refractivity contribution in [3.8, 4) is 0 Å². The molecular formula is C27H35ClN4O3S2. The minimum Gasteiger partial charge on any atom is -0.309 e. The highest BCUT2D eigenvalue weighted by Gasteiger charge is 2.32. The van der Waals surface area contributed by atoms with Gasteiger partial charge in [0.1, 0.15) is 0 Å². The summed E-state index contributed by atoms with van der Waals surface area (Å²) in [5, 5.41) is 1.25. The average Bonchev–Trinajstić information content (AvgIpc) is 3.25. The molecule has 1 aromatic heterocycles. The van der Waals surface area contributed by atoms with Crippen molar-refractivity contribution >= 4 is 54.2 Å². The van der Waals surface area contributed by atoms with Crippen LogP contribution in [0.2, 0.25) is 5.02 Å². The number of fused-ring (bicyclic) bond motifs is 1. The van der Waals surface area contributed by atoms with Gasteiger partial charge in [0.15, 0.2) is 5.13 Å². The molecule has 1 saturated heterocycles. The van der Waals surface area contributed by atoms with Crippen LogP contribution >= 0.6 is 22.9 Å². The number of sulfonamides is 1. The number of carbonyl (C=O) groups excluding carboxylic acids is 1.